The summed E-state index contributed by atoms with van der Waals surface area (Å²) < 4.78 is 62.6. The van der Waals surface area contributed by atoms with Gasteiger partial charge in [-0.05, 0) is 66.3 Å². The first-order valence-corrected chi connectivity index (χ1v) is 14.3. The van der Waals surface area contributed by atoms with Gasteiger partial charge in [-0.1, -0.05) is 72.3 Å². The Morgan fingerprint density at radius 1 is 0.907 bits per heavy atom. The van der Waals surface area contributed by atoms with E-state index in [4.69, 9.17) is 16.3 Å². The fraction of sp³-hybridized carbons (Fsp3) is 0.273. The lowest BCUT2D eigenvalue weighted by Crippen LogP contribution is -2.55. The number of amides is 2. The topological polar surface area (TPSA) is 63.2 Å². The third kappa shape index (κ3) is 7.53. The van der Waals surface area contributed by atoms with E-state index in [2.05, 4.69) is 15.6 Å². The molecular formula is C33H30ClF4N3O2. The van der Waals surface area contributed by atoms with Crippen LogP contribution in [0.25, 0.3) is 0 Å². The molecule has 1 saturated carbocycles. The highest BCUT2D eigenvalue weighted by molar-refractivity contribution is 6.30. The largest absolute Gasteiger partial charge is 0.416 e. The molecule has 1 aliphatic carbocycles. The highest BCUT2D eigenvalue weighted by Gasteiger charge is 2.42. The van der Waals surface area contributed by atoms with Crippen molar-refractivity contribution in [3.8, 4) is 0 Å². The summed E-state index contributed by atoms with van der Waals surface area (Å²) in [5, 5.41) is 6.18. The third-order valence-corrected chi connectivity index (χ3v) is 7.82. The van der Waals surface area contributed by atoms with Gasteiger partial charge in [-0.15, -0.1) is 0 Å². The zero-order valence-electron chi connectivity index (χ0n) is 23.1. The summed E-state index contributed by atoms with van der Waals surface area (Å²) in [4.78, 5) is 18.2. The zero-order valence-corrected chi connectivity index (χ0v) is 23.8. The predicted octanol–water partition coefficient (Wildman–Crippen LogP) is 7.82. The van der Waals surface area contributed by atoms with Crippen LogP contribution < -0.4 is 10.6 Å². The molecule has 2 amide bonds. The molecule has 1 fully saturated rings. The molecule has 5 nitrogen and oxygen atoms in total. The van der Waals surface area contributed by atoms with Crippen molar-refractivity contribution in [2.75, 3.05) is 0 Å². The Bertz CT molecular complexity index is 1520. The number of hydrogen-bond acceptors (Lipinski definition) is 3. The summed E-state index contributed by atoms with van der Waals surface area (Å²) in [6.45, 7) is 0.376. The van der Waals surface area contributed by atoms with Gasteiger partial charge in [0.05, 0.1) is 35.0 Å². The number of urea groups is 1. The molecule has 1 aliphatic rings. The molecule has 0 aliphatic heterocycles. The number of hydrogen-bond donors (Lipinski definition) is 2. The third-order valence-electron chi connectivity index (χ3n) is 7.60. The Labute approximate surface area is 252 Å². The maximum atomic E-state index is 14.9. The summed E-state index contributed by atoms with van der Waals surface area (Å²) in [6, 6.07) is 22.9. The number of ether oxygens (including phenoxy) is 1. The van der Waals surface area contributed by atoms with Crippen LogP contribution in [-0.4, -0.2) is 23.2 Å². The normalized spacial score (nSPS) is 18.2. The molecule has 3 aromatic carbocycles. The van der Waals surface area contributed by atoms with Gasteiger partial charge in [-0.3, -0.25) is 4.98 Å². The van der Waals surface area contributed by atoms with E-state index in [-0.39, 0.29) is 29.8 Å². The van der Waals surface area contributed by atoms with Crippen molar-refractivity contribution in [3.05, 3.63) is 136 Å². The average Bonchev–Trinajstić information content (AvgIpc) is 3.43. The van der Waals surface area contributed by atoms with Crippen LogP contribution in [0, 0.1) is 5.82 Å². The van der Waals surface area contributed by atoms with Crippen molar-refractivity contribution < 1.29 is 27.1 Å². The Morgan fingerprint density at radius 2 is 1.58 bits per heavy atom. The molecule has 1 aromatic heterocycles. The lowest BCUT2D eigenvalue weighted by atomic mass is 9.79. The summed E-state index contributed by atoms with van der Waals surface area (Å²) in [7, 11) is 0. The number of benzene rings is 3. The van der Waals surface area contributed by atoms with Crippen LogP contribution in [0.3, 0.4) is 0 Å². The first-order chi connectivity index (χ1) is 20.6. The zero-order chi connectivity index (χ0) is 30.5. The number of halogens is 5. The van der Waals surface area contributed by atoms with Crippen molar-refractivity contribution in [2.24, 2.45) is 0 Å². The number of nitrogens with one attached hydrogen (secondary N) is 2. The van der Waals surface area contributed by atoms with Crippen molar-refractivity contribution in [2.45, 2.75) is 56.2 Å². The summed E-state index contributed by atoms with van der Waals surface area (Å²) in [5.74, 6) is -1.09. The van der Waals surface area contributed by atoms with Crippen LogP contribution in [0.4, 0.5) is 22.4 Å². The first-order valence-electron chi connectivity index (χ1n) is 13.9. The molecule has 2 N–H and O–H groups in total. The number of carbonyl (C=O) groups excluding carboxylic acids is 1. The molecule has 5 rings (SSSR count). The van der Waals surface area contributed by atoms with Crippen LogP contribution in [0.2, 0.25) is 5.02 Å². The molecule has 0 saturated heterocycles. The number of nitrogens with zero attached hydrogens (tertiary/aromatic N) is 1. The Kier molecular flexibility index (Phi) is 9.32. The van der Waals surface area contributed by atoms with E-state index in [9.17, 15) is 22.4 Å². The number of alkyl halides is 3. The number of carbonyl (C=O) groups is 1. The van der Waals surface area contributed by atoms with E-state index in [1.54, 1.807) is 30.3 Å². The minimum Gasteiger partial charge on any atom is -0.371 e. The fourth-order valence-electron chi connectivity index (χ4n) is 5.52. The lowest BCUT2D eigenvalue weighted by Gasteiger charge is -2.36. The smallest absolute Gasteiger partial charge is 0.371 e. The van der Waals surface area contributed by atoms with Crippen LogP contribution in [0.1, 0.15) is 47.2 Å². The Balaban J connectivity index is 1.51. The van der Waals surface area contributed by atoms with Crippen molar-refractivity contribution in [1.29, 1.82) is 0 Å². The predicted molar refractivity (Wildman–Crippen MR) is 156 cm³/mol. The van der Waals surface area contributed by atoms with Gasteiger partial charge in [0.1, 0.15) is 11.4 Å². The first kappa shape index (κ1) is 30.5. The van der Waals surface area contributed by atoms with Crippen LogP contribution in [0.15, 0.2) is 97.2 Å². The SMILES string of the molecule is O=C(N[C@H]1CCC[C@@H]1OCc1ccccc1)N[C@@](Cc1ccccc1)(c1cc(F)cc(C(F)(F)F)c1)c1ccc(Cl)cn1. The molecule has 0 radical (unpaired) electrons. The van der Waals surface area contributed by atoms with Gasteiger partial charge in [0, 0.05) is 12.6 Å². The molecule has 4 aromatic rings. The summed E-state index contributed by atoms with van der Waals surface area (Å²) >= 11 is 6.10. The van der Waals surface area contributed by atoms with Gasteiger partial charge in [0.2, 0.25) is 0 Å². The molecule has 224 valence electrons. The van der Waals surface area contributed by atoms with Crippen molar-refractivity contribution in [1.82, 2.24) is 15.6 Å². The van der Waals surface area contributed by atoms with Crippen LogP contribution >= 0.6 is 11.6 Å². The second kappa shape index (κ2) is 13.1. The van der Waals surface area contributed by atoms with E-state index in [0.717, 1.165) is 30.5 Å². The second-order valence-corrected chi connectivity index (χ2v) is 11.1. The van der Waals surface area contributed by atoms with Crippen molar-refractivity contribution in [3.63, 3.8) is 0 Å². The molecule has 0 unspecified atom stereocenters. The monoisotopic (exact) mass is 611 g/mol. The molecule has 0 spiro atoms. The molecule has 1 heterocycles. The highest BCUT2D eigenvalue weighted by atomic mass is 35.5. The summed E-state index contributed by atoms with van der Waals surface area (Å²) in [6.07, 6.45) is -1.52. The second-order valence-electron chi connectivity index (χ2n) is 10.6. The quantitative estimate of drug-likeness (QED) is 0.190. The minimum atomic E-state index is -4.82. The highest BCUT2D eigenvalue weighted by Crippen LogP contribution is 2.38. The minimum absolute atomic E-state index is 0.0186. The standard InChI is InChI=1S/C33H30ClF4N3O2/c34-26-14-15-30(39-20-26)32(19-22-8-3-1-4-9-22,24-16-25(33(36,37)38)18-27(35)17-24)41-31(42)40-28-12-7-13-29(28)43-21-23-10-5-2-6-11-23/h1-6,8-11,14-18,20,28-29H,7,12-13,19,21H2,(H2,40,41,42)/t28-,29-,32-/m0/s1. The van der Waals surface area contributed by atoms with Gasteiger partial charge in [-0.2, -0.15) is 13.2 Å². The van der Waals surface area contributed by atoms with Gasteiger partial charge >= 0.3 is 12.2 Å². The van der Waals surface area contributed by atoms with Crippen molar-refractivity contribution >= 4 is 17.6 Å². The lowest BCUT2D eigenvalue weighted by molar-refractivity contribution is -0.137. The molecule has 43 heavy (non-hydrogen) atoms. The van der Waals surface area contributed by atoms with E-state index in [0.29, 0.717) is 29.7 Å². The van der Waals surface area contributed by atoms with Gasteiger partial charge in [-0.25, -0.2) is 9.18 Å². The van der Waals surface area contributed by atoms with Gasteiger partial charge in [0.15, 0.2) is 0 Å². The van der Waals surface area contributed by atoms with E-state index in [1.807, 2.05) is 30.3 Å². The molecule has 10 heteroatoms. The van der Waals surface area contributed by atoms with E-state index >= 15 is 0 Å². The van der Waals surface area contributed by atoms with E-state index in [1.165, 1.54) is 18.3 Å². The number of pyridine rings is 1. The maximum absolute atomic E-state index is 14.9. The van der Waals surface area contributed by atoms with Crippen LogP contribution in [-0.2, 0) is 29.5 Å². The Morgan fingerprint density at radius 3 is 2.23 bits per heavy atom. The Hall–Kier alpha value is -3.95. The number of rotatable bonds is 9. The fourth-order valence-corrected chi connectivity index (χ4v) is 5.63. The molecule has 3 atom stereocenters. The van der Waals surface area contributed by atoms with Gasteiger partial charge in [0.25, 0.3) is 0 Å². The van der Waals surface area contributed by atoms with Crippen LogP contribution in [0.5, 0.6) is 0 Å². The average molecular weight is 612 g/mol. The summed E-state index contributed by atoms with van der Waals surface area (Å²) in [5.41, 5.74) is -1.12. The molecular weight excluding hydrogens is 582 g/mol. The maximum Gasteiger partial charge on any atom is 0.416 e. The molecule has 0 bridgehead atoms. The number of aromatic nitrogens is 1. The van der Waals surface area contributed by atoms with E-state index < -0.39 is 29.1 Å². The van der Waals surface area contributed by atoms with Gasteiger partial charge < -0.3 is 15.4 Å².